The second-order valence-electron chi connectivity index (χ2n) is 4.18. The first-order valence-electron chi connectivity index (χ1n) is 6.41. The second-order valence-corrected chi connectivity index (χ2v) is 4.18. The Morgan fingerprint density at radius 2 is 0.600 bits per heavy atom. The van der Waals surface area contributed by atoms with E-state index in [0.29, 0.717) is 0 Å². The number of rotatable bonds is 0. The summed E-state index contributed by atoms with van der Waals surface area (Å²) in [6, 6.07) is 0. The second kappa shape index (κ2) is 9.67. The zero-order valence-electron chi connectivity index (χ0n) is 9.78. The monoisotopic (exact) mass is 202 g/mol. The van der Waals surface area contributed by atoms with Crippen LogP contribution in [0.4, 0.5) is 0 Å². The van der Waals surface area contributed by atoms with Crippen LogP contribution in [0.3, 0.4) is 0 Å². The molecule has 0 N–H and O–H groups in total. The van der Waals surface area contributed by atoms with Gasteiger partial charge in [0.05, 0.1) is 0 Å². The maximum Gasteiger partial charge on any atom is 0.00886 e. The molecular weight excluding hydrogens is 180 g/mol. The summed E-state index contributed by atoms with van der Waals surface area (Å²) in [7, 11) is 0. The van der Waals surface area contributed by atoms with E-state index in [1.807, 2.05) is 0 Å². The van der Waals surface area contributed by atoms with Crippen LogP contribution in [-0.2, 0) is 0 Å². The summed E-state index contributed by atoms with van der Waals surface area (Å²) in [4.78, 5) is 0. The SMILES string of the molecule is C1#CCCCCCCC#CCCCCC1. The van der Waals surface area contributed by atoms with Gasteiger partial charge in [0.2, 0.25) is 0 Å². The van der Waals surface area contributed by atoms with Crippen LogP contribution in [-0.4, -0.2) is 0 Å². The van der Waals surface area contributed by atoms with Gasteiger partial charge >= 0.3 is 0 Å². The third kappa shape index (κ3) is 8.14. The molecule has 0 atom stereocenters. The van der Waals surface area contributed by atoms with Crippen LogP contribution in [0.25, 0.3) is 0 Å². The van der Waals surface area contributed by atoms with Crippen LogP contribution >= 0.6 is 0 Å². The molecule has 0 aromatic rings. The third-order valence-electron chi connectivity index (χ3n) is 2.71. The van der Waals surface area contributed by atoms with Crippen LogP contribution in [0.2, 0.25) is 0 Å². The predicted molar refractivity (Wildman–Crippen MR) is 66.3 cm³/mol. The van der Waals surface area contributed by atoms with Crippen molar-refractivity contribution < 1.29 is 0 Å². The highest BCUT2D eigenvalue weighted by molar-refractivity contribution is 5.00. The molecule has 15 heavy (non-hydrogen) atoms. The third-order valence-corrected chi connectivity index (χ3v) is 2.71. The minimum atomic E-state index is 1.09. The van der Waals surface area contributed by atoms with Gasteiger partial charge < -0.3 is 0 Å². The molecule has 1 aliphatic carbocycles. The van der Waals surface area contributed by atoms with Gasteiger partial charge in [-0.3, -0.25) is 0 Å². The van der Waals surface area contributed by atoms with E-state index in [2.05, 4.69) is 23.7 Å². The Kier molecular flexibility index (Phi) is 7.86. The van der Waals surface area contributed by atoms with Crippen molar-refractivity contribution in [2.75, 3.05) is 0 Å². The summed E-state index contributed by atoms with van der Waals surface area (Å²) in [5, 5.41) is 0. The zero-order valence-corrected chi connectivity index (χ0v) is 9.78. The molecule has 0 nitrogen and oxygen atoms in total. The molecule has 0 fully saturated rings. The van der Waals surface area contributed by atoms with E-state index in [4.69, 9.17) is 0 Å². The van der Waals surface area contributed by atoms with Crippen molar-refractivity contribution in [2.45, 2.75) is 70.6 Å². The lowest BCUT2D eigenvalue weighted by atomic mass is 10.1. The van der Waals surface area contributed by atoms with Crippen molar-refractivity contribution in [2.24, 2.45) is 0 Å². The van der Waals surface area contributed by atoms with Crippen LogP contribution in [0.5, 0.6) is 0 Å². The van der Waals surface area contributed by atoms with E-state index in [1.165, 1.54) is 44.9 Å². The van der Waals surface area contributed by atoms with E-state index in [9.17, 15) is 0 Å². The summed E-state index contributed by atoms with van der Waals surface area (Å²) in [5.74, 6) is 13.1. The molecule has 0 bridgehead atoms. The molecule has 0 saturated carbocycles. The molecule has 0 unspecified atom stereocenters. The first kappa shape index (κ1) is 12.2. The minimum Gasteiger partial charge on any atom is -0.103 e. The Labute approximate surface area is 94.8 Å². The highest BCUT2D eigenvalue weighted by atomic mass is 13.9. The smallest absolute Gasteiger partial charge is 0.00886 e. The Morgan fingerprint density at radius 1 is 0.333 bits per heavy atom. The summed E-state index contributed by atoms with van der Waals surface area (Å²) >= 11 is 0. The topological polar surface area (TPSA) is 0 Å². The number of hydrogen-bond donors (Lipinski definition) is 0. The fourth-order valence-electron chi connectivity index (χ4n) is 1.74. The molecule has 0 saturated heterocycles. The molecule has 0 spiro atoms. The maximum absolute atomic E-state index is 3.27. The Hall–Kier alpha value is -0.880. The first-order valence-corrected chi connectivity index (χ1v) is 6.41. The van der Waals surface area contributed by atoms with E-state index >= 15 is 0 Å². The summed E-state index contributed by atoms with van der Waals surface area (Å²) in [6.45, 7) is 0. The molecule has 82 valence electrons. The minimum absolute atomic E-state index is 1.09. The molecule has 0 aromatic heterocycles. The molecule has 1 rings (SSSR count). The quantitative estimate of drug-likeness (QED) is 0.514. The van der Waals surface area contributed by atoms with Gasteiger partial charge in [-0.1, -0.05) is 19.3 Å². The highest BCUT2D eigenvalue weighted by Crippen LogP contribution is 2.06. The average Bonchev–Trinajstić information content (AvgIpc) is 2.27. The normalized spacial score (nSPS) is 19.7. The van der Waals surface area contributed by atoms with Crippen molar-refractivity contribution in [3.8, 4) is 23.7 Å². The molecule has 0 amide bonds. The average molecular weight is 202 g/mol. The highest BCUT2D eigenvalue weighted by Gasteiger charge is 1.89. The van der Waals surface area contributed by atoms with Gasteiger partial charge in [0.1, 0.15) is 0 Å². The standard InChI is InChI=1S/C15H22/c1-2-4-6-8-10-12-14-15-13-11-9-7-5-3-1/h1-6,11-15H2. The van der Waals surface area contributed by atoms with Gasteiger partial charge in [0.15, 0.2) is 0 Å². The molecule has 0 heterocycles. The van der Waals surface area contributed by atoms with Gasteiger partial charge in [-0.15, -0.1) is 23.7 Å². The van der Waals surface area contributed by atoms with Gasteiger partial charge in [-0.25, -0.2) is 0 Å². The van der Waals surface area contributed by atoms with E-state index in [-0.39, 0.29) is 0 Å². The lowest BCUT2D eigenvalue weighted by Gasteiger charge is -1.94. The fourth-order valence-corrected chi connectivity index (χ4v) is 1.74. The largest absolute Gasteiger partial charge is 0.103 e. The van der Waals surface area contributed by atoms with Gasteiger partial charge in [0, 0.05) is 25.7 Å². The Bertz CT molecular complexity index is 225. The van der Waals surface area contributed by atoms with Gasteiger partial charge in [-0.2, -0.15) is 0 Å². The summed E-state index contributed by atoms with van der Waals surface area (Å²) in [6.07, 6.45) is 13.4. The summed E-state index contributed by atoms with van der Waals surface area (Å²) in [5.41, 5.74) is 0. The lowest BCUT2D eigenvalue weighted by Crippen LogP contribution is -1.77. The summed E-state index contributed by atoms with van der Waals surface area (Å²) < 4.78 is 0. The molecule has 0 aromatic carbocycles. The van der Waals surface area contributed by atoms with Crippen molar-refractivity contribution in [1.29, 1.82) is 0 Å². The van der Waals surface area contributed by atoms with E-state index in [0.717, 1.165) is 25.7 Å². The Balaban J connectivity index is 2.21. The first-order chi connectivity index (χ1) is 7.50. The lowest BCUT2D eigenvalue weighted by molar-refractivity contribution is 0.660. The van der Waals surface area contributed by atoms with Crippen molar-refractivity contribution in [1.82, 2.24) is 0 Å². The number of hydrogen-bond acceptors (Lipinski definition) is 0. The van der Waals surface area contributed by atoms with Crippen LogP contribution in [0, 0.1) is 23.7 Å². The van der Waals surface area contributed by atoms with Crippen molar-refractivity contribution in [3.05, 3.63) is 0 Å². The van der Waals surface area contributed by atoms with Crippen LogP contribution < -0.4 is 0 Å². The van der Waals surface area contributed by atoms with Gasteiger partial charge in [-0.05, 0) is 25.7 Å². The molecular formula is C15H22. The molecule has 1 aliphatic rings. The van der Waals surface area contributed by atoms with E-state index < -0.39 is 0 Å². The molecule has 0 radical (unpaired) electrons. The van der Waals surface area contributed by atoms with E-state index in [1.54, 1.807) is 0 Å². The maximum atomic E-state index is 3.27. The van der Waals surface area contributed by atoms with Crippen molar-refractivity contribution >= 4 is 0 Å². The molecule has 0 aliphatic heterocycles. The van der Waals surface area contributed by atoms with Crippen molar-refractivity contribution in [3.63, 3.8) is 0 Å². The zero-order chi connectivity index (χ0) is 10.6. The predicted octanol–water partition coefficient (Wildman–Crippen LogP) is 4.30. The molecule has 0 heteroatoms. The van der Waals surface area contributed by atoms with Crippen LogP contribution in [0.1, 0.15) is 70.6 Å². The fraction of sp³-hybridized carbons (Fsp3) is 0.733. The Morgan fingerprint density at radius 3 is 0.933 bits per heavy atom. The van der Waals surface area contributed by atoms with Crippen LogP contribution in [0.15, 0.2) is 0 Å². The van der Waals surface area contributed by atoms with Gasteiger partial charge in [0.25, 0.3) is 0 Å².